The Balaban J connectivity index is 2.86. The zero-order chi connectivity index (χ0) is 17.9. The molecule has 0 amide bonds. The van der Waals surface area contributed by atoms with Crippen LogP contribution >= 0.6 is 0 Å². The van der Waals surface area contributed by atoms with Crippen molar-refractivity contribution in [1.82, 2.24) is 0 Å². The molecule has 24 heavy (non-hydrogen) atoms. The van der Waals surface area contributed by atoms with Crippen molar-refractivity contribution < 1.29 is 0 Å². The lowest BCUT2D eigenvalue weighted by Crippen LogP contribution is -2.05. The van der Waals surface area contributed by atoms with Gasteiger partial charge in [-0.25, -0.2) is 0 Å². The zero-order valence-electron chi connectivity index (χ0n) is 16.1. The molecule has 0 saturated heterocycles. The normalized spacial score (nSPS) is 13.5. The van der Waals surface area contributed by atoms with Crippen molar-refractivity contribution >= 4 is 5.57 Å². The highest BCUT2D eigenvalue weighted by molar-refractivity contribution is 5.64. The van der Waals surface area contributed by atoms with Gasteiger partial charge in [-0.15, -0.1) is 6.58 Å². The van der Waals surface area contributed by atoms with Crippen LogP contribution in [-0.2, 0) is 6.42 Å². The van der Waals surface area contributed by atoms with Crippen LogP contribution in [0.3, 0.4) is 0 Å². The summed E-state index contributed by atoms with van der Waals surface area (Å²) in [5.41, 5.74) is 11.2. The molecule has 0 aliphatic rings. The van der Waals surface area contributed by atoms with E-state index in [9.17, 15) is 0 Å². The highest BCUT2D eigenvalue weighted by Gasteiger charge is 2.12. The van der Waals surface area contributed by atoms with Gasteiger partial charge < -0.3 is 5.73 Å². The number of hydrogen-bond donors (Lipinski definition) is 1. The summed E-state index contributed by atoms with van der Waals surface area (Å²) in [7, 11) is 0. The van der Waals surface area contributed by atoms with E-state index in [1.807, 2.05) is 0 Å². The Bertz CT molecular complexity index is 515. The summed E-state index contributed by atoms with van der Waals surface area (Å²) in [5.74, 6) is 1.22. The van der Waals surface area contributed by atoms with E-state index >= 15 is 0 Å². The van der Waals surface area contributed by atoms with Crippen LogP contribution in [0, 0.1) is 5.92 Å². The topological polar surface area (TPSA) is 26.0 Å². The molecule has 0 heterocycles. The average molecular weight is 328 g/mol. The van der Waals surface area contributed by atoms with Crippen molar-refractivity contribution in [1.29, 1.82) is 0 Å². The van der Waals surface area contributed by atoms with Gasteiger partial charge in [-0.3, -0.25) is 0 Å². The Morgan fingerprint density at radius 3 is 2.58 bits per heavy atom. The first-order chi connectivity index (χ1) is 11.6. The predicted octanol–water partition coefficient (Wildman–Crippen LogP) is 6.49. The molecular weight excluding hydrogens is 290 g/mol. The van der Waals surface area contributed by atoms with Crippen LogP contribution in [0.2, 0.25) is 0 Å². The Hall–Kier alpha value is -1.34. The van der Waals surface area contributed by atoms with Crippen molar-refractivity contribution in [2.24, 2.45) is 11.7 Å². The third kappa shape index (κ3) is 6.28. The molecule has 1 aromatic rings. The molecule has 0 aliphatic carbocycles. The first-order valence-corrected chi connectivity index (χ1v) is 9.70. The molecule has 0 radical (unpaired) electrons. The molecule has 0 aliphatic heterocycles. The summed E-state index contributed by atoms with van der Waals surface area (Å²) in [6.45, 7) is 15.9. The van der Waals surface area contributed by atoms with E-state index < -0.39 is 0 Å². The molecular formula is C23H37N. The molecule has 2 unspecified atom stereocenters. The first-order valence-electron chi connectivity index (χ1n) is 9.70. The third-order valence-corrected chi connectivity index (χ3v) is 5.15. The van der Waals surface area contributed by atoms with Crippen LogP contribution in [-0.4, -0.2) is 6.54 Å². The van der Waals surface area contributed by atoms with Crippen molar-refractivity contribution in [2.75, 3.05) is 6.54 Å². The van der Waals surface area contributed by atoms with Crippen LogP contribution in [0.25, 0.3) is 5.57 Å². The van der Waals surface area contributed by atoms with Gasteiger partial charge in [0, 0.05) is 0 Å². The fraction of sp³-hybridized carbons (Fsp3) is 0.565. The number of allylic oxidation sites excluding steroid dienone is 2. The molecule has 0 bridgehead atoms. The Kier molecular flexibility index (Phi) is 9.71. The minimum Gasteiger partial charge on any atom is -0.330 e. The zero-order valence-corrected chi connectivity index (χ0v) is 16.1. The smallest absolute Gasteiger partial charge is 0.00741 e. The van der Waals surface area contributed by atoms with Crippen molar-refractivity contribution in [3.63, 3.8) is 0 Å². The fourth-order valence-corrected chi connectivity index (χ4v) is 3.29. The molecule has 1 rings (SSSR count). The van der Waals surface area contributed by atoms with E-state index in [1.165, 1.54) is 41.5 Å². The highest BCUT2D eigenvalue weighted by Crippen LogP contribution is 2.29. The van der Waals surface area contributed by atoms with Gasteiger partial charge in [0.25, 0.3) is 0 Å². The van der Waals surface area contributed by atoms with Gasteiger partial charge in [0.1, 0.15) is 0 Å². The minimum absolute atomic E-state index is 0.606. The van der Waals surface area contributed by atoms with Gasteiger partial charge in [-0.1, -0.05) is 58.0 Å². The second kappa shape index (κ2) is 11.3. The van der Waals surface area contributed by atoms with E-state index in [2.05, 4.69) is 58.2 Å². The number of nitrogens with two attached hydrogens (primary N) is 1. The van der Waals surface area contributed by atoms with E-state index in [1.54, 1.807) is 0 Å². The Labute approximate surface area is 150 Å². The number of hydrogen-bond acceptors (Lipinski definition) is 1. The molecule has 0 spiro atoms. The van der Waals surface area contributed by atoms with Crippen molar-refractivity contribution in [3.05, 3.63) is 54.1 Å². The van der Waals surface area contributed by atoms with Gasteiger partial charge in [-0.05, 0) is 79.2 Å². The molecule has 1 nitrogen and oxygen atoms in total. The fourth-order valence-electron chi connectivity index (χ4n) is 3.29. The van der Waals surface area contributed by atoms with Crippen LogP contribution < -0.4 is 5.73 Å². The highest BCUT2D eigenvalue weighted by atomic mass is 14.5. The quantitative estimate of drug-likeness (QED) is 0.436. The van der Waals surface area contributed by atoms with Crippen LogP contribution in [0.15, 0.2) is 37.4 Å². The lowest BCUT2D eigenvalue weighted by Gasteiger charge is -2.18. The maximum Gasteiger partial charge on any atom is -0.00741 e. The standard InChI is InChI=1S/C23H37N/c1-6-10-20(8-3)13-12-19(5)21-14-15-23(18(4)7-2)22(17-21)11-9-16-24/h8,14-15,17-18,20H,3,5-7,9-13,16,24H2,1-2,4H3. The molecule has 1 aromatic carbocycles. The number of rotatable bonds is 12. The summed E-state index contributed by atoms with van der Waals surface area (Å²) < 4.78 is 0. The Morgan fingerprint density at radius 1 is 1.25 bits per heavy atom. The lowest BCUT2D eigenvalue weighted by molar-refractivity contribution is 0.546. The van der Waals surface area contributed by atoms with Crippen LogP contribution in [0.1, 0.15) is 81.9 Å². The van der Waals surface area contributed by atoms with Gasteiger partial charge in [-0.2, -0.15) is 0 Å². The summed E-state index contributed by atoms with van der Waals surface area (Å²) in [5, 5.41) is 0. The average Bonchev–Trinajstić information content (AvgIpc) is 2.62. The molecule has 0 saturated carbocycles. The lowest BCUT2D eigenvalue weighted by atomic mass is 9.87. The second-order valence-electron chi connectivity index (χ2n) is 7.04. The summed E-state index contributed by atoms with van der Waals surface area (Å²) >= 11 is 0. The molecule has 0 fully saturated rings. The largest absolute Gasteiger partial charge is 0.330 e. The van der Waals surface area contributed by atoms with Crippen LogP contribution in [0.5, 0.6) is 0 Å². The van der Waals surface area contributed by atoms with Crippen molar-refractivity contribution in [3.8, 4) is 0 Å². The van der Waals surface area contributed by atoms with Gasteiger partial charge in [0.2, 0.25) is 0 Å². The molecule has 0 aromatic heterocycles. The van der Waals surface area contributed by atoms with E-state index in [-0.39, 0.29) is 0 Å². The number of aryl methyl sites for hydroxylation is 1. The Morgan fingerprint density at radius 2 is 2.00 bits per heavy atom. The van der Waals surface area contributed by atoms with E-state index in [0.29, 0.717) is 11.8 Å². The summed E-state index contributed by atoms with van der Waals surface area (Å²) in [6, 6.07) is 6.94. The first kappa shape index (κ1) is 20.7. The molecule has 2 atom stereocenters. The van der Waals surface area contributed by atoms with Gasteiger partial charge in [0.15, 0.2) is 0 Å². The number of benzene rings is 1. The predicted molar refractivity (Wildman–Crippen MR) is 109 cm³/mol. The van der Waals surface area contributed by atoms with E-state index in [0.717, 1.165) is 32.2 Å². The van der Waals surface area contributed by atoms with Crippen LogP contribution in [0.4, 0.5) is 0 Å². The van der Waals surface area contributed by atoms with Crippen molar-refractivity contribution in [2.45, 2.75) is 71.6 Å². The monoisotopic (exact) mass is 327 g/mol. The molecule has 2 N–H and O–H groups in total. The molecule has 134 valence electrons. The van der Waals surface area contributed by atoms with Gasteiger partial charge >= 0.3 is 0 Å². The minimum atomic E-state index is 0.606. The summed E-state index contributed by atoms with van der Waals surface area (Å²) in [6.07, 6.45) is 10.1. The van der Waals surface area contributed by atoms with Gasteiger partial charge in [0.05, 0.1) is 0 Å². The second-order valence-corrected chi connectivity index (χ2v) is 7.04. The SMILES string of the molecule is C=CC(CCC)CCC(=C)c1ccc(C(C)CC)c(CCCN)c1. The maximum atomic E-state index is 5.73. The van der Waals surface area contributed by atoms with E-state index in [4.69, 9.17) is 5.73 Å². The summed E-state index contributed by atoms with van der Waals surface area (Å²) in [4.78, 5) is 0. The maximum absolute atomic E-state index is 5.73. The third-order valence-electron chi connectivity index (χ3n) is 5.15. The molecule has 1 heteroatoms.